The number of carboxylic acid groups (broad SMARTS) is 1. The zero-order valence-electron chi connectivity index (χ0n) is 12.2. The van der Waals surface area contributed by atoms with Gasteiger partial charge in [-0.3, -0.25) is 4.79 Å². The van der Waals surface area contributed by atoms with Crippen LogP contribution in [0, 0.1) is 0 Å². The van der Waals surface area contributed by atoms with Crippen LogP contribution in [0.5, 0.6) is 0 Å². The Morgan fingerprint density at radius 2 is 2.00 bits per heavy atom. The molecule has 1 aromatic heterocycles. The number of aromatic carboxylic acids is 1. The summed E-state index contributed by atoms with van der Waals surface area (Å²) in [5, 5.41) is 11.6. The van der Waals surface area contributed by atoms with E-state index in [1.807, 2.05) is 0 Å². The highest BCUT2D eigenvalue weighted by molar-refractivity contribution is 5.94. The highest BCUT2D eigenvalue weighted by Crippen LogP contribution is 2.21. The fraction of sp³-hybridized carbons (Fsp3) is 0.533. The molecule has 0 atom stereocenters. The van der Waals surface area contributed by atoms with Crippen LogP contribution in [0.1, 0.15) is 46.7 Å². The Bertz CT molecular complexity index is 513. The van der Waals surface area contributed by atoms with Crippen molar-refractivity contribution in [2.24, 2.45) is 0 Å². The number of hydrogen-bond donors (Lipinski definition) is 2. The number of aromatic nitrogens is 1. The summed E-state index contributed by atoms with van der Waals surface area (Å²) in [6.07, 6.45) is 5.03. The summed E-state index contributed by atoms with van der Waals surface area (Å²) in [6.45, 7) is 1.32. The molecule has 6 nitrogen and oxygen atoms in total. The van der Waals surface area contributed by atoms with Gasteiger partial charge in [-0.25, -0.2) is 9.78 Å². The minimum absolute atomic E-state index is 0.120. The number of rotatable bonds is 6. The van der Waals surface area contributed by atoms with Crippen LogP contribution in [0.2, 0.25) is 0 Å². The molecule has 0 unspecified atom stereocenters. The maximum Gasteiger partial charge on any atom is 0.354 e. The van der Waals surface area contributed by atoms with Crippen molar-refractivity contribution in [1.29, 1.82) is 0 Å². The Morgan fingerprint density at radius 1 is 1.33 bits per heavy atom. The van der Waals surface area contributed by atoms with Gasteiger partial charge in [-0.05, 0) is 32.0 Å². The van der Waals surface area contributed by atoms with Gasteiger partial charge in [0.2, 0.25) is 0 Å². The molecule has 1 amide bonds. The summed E-state index contributed by atoms with van der Waals surface area (Å²) < 4.78 is 0. The SMILES string of the molecule is CN(CCNC(=O)c1cccc(C(=O)O)n1)C1CCCC1. The van der Waals surface area contributed by atoms with Gasteiger partial charge in [-0.15, -0.1) is 0 Å². The lowest BCUT2D eigenvalue weighted by atomic mass is 10.2. The lowest BCUT2D eigenvalue weighted by Crippen LogP contribution is -2.37. The standard InChI is InChI=1S/C15H21N3O3/c1-18(11-5-2-3-6-11)10-9-16-14(19)12-7-4-8-13(17-12)15(20)21/h4,7-8,11H,2-3,5-6,9-10H2,1H3,(H,16,19)(H,20,21). The normalized spacial score (nSPS) is 15.3. The highest BCUT2D eigenvalue weighted by Gasteiger charge is 2.19. The monoisotopic (exact) mass is 291 g/mol. The van der Waals surface area contributed by atoms with Gasteiger partial charge in [0.1, 0.15) is 11.4 Å². The van der Waals surface area contributed by atoms with E-state index in [1.165, 1.54) is 43.9 Å². The van der Waals surface area contributed by atoms with E-state index >= 15 is 0 Å². The number of pyridine rings is 1. The van der Waals surface area contributed by atoms with Crippen molar-refractivity contribution < 1.29 is 14.7 Å². The maximum atomic E-state index is 11.9. The predicted octanol–water partition coefficient (Wildman–Crippen LogP) is 1.38. The number of carbonyl (C=O) groups is 2. The number of hydrogen-bond acceptors (Lipinski definition) is 4. The van der Waals surface area contributed by atoms with E-state index in [0.717, 1.165) is 6.54 Å². The van der Waals surface area contributed by atoms with E-state index < -0.39 is 5.97 Å². The van der Waals surface area contributed by atoms with Gasteiger partial charge >= 0.3 is 5.97 Å². The van der Waals surface area contributed by atoms with Crippen molar-refractivity contribution in [3.8, 4) is 0 Å². The van der Waals surface area contributed by atoms with E-state index in [4.69, 9.17) is 5.11 Å². The molecule has 114 valence electrons. The Morgan fingerprint density at radius 3 is 2.67 bits per heavy atom. The first-order valence-corrected chi connectivity index (χ1v) is 7.26. The largest absolute Gasteiger partial charge is 0.477 e. The predicted molar refractivity (Wildman–Crippen MR) is 78.4 cm³/mol. The van der Waals surface area contributed by atoms with Gasteiger partial charge in [0, 0.05) is 19.1 Å². The summed E-state index contributed by atoms with van der Waals surface area (Å²) in [4.78, 5) is 28.9. The van der Waals surface area contributed by atoms with Gasteiger partial charge < -0.3 is 15.3 Å². The van der Waals surface area contributed by atoms with Gasteiger partial charge in [-0.2, -0.15) is 0 Å². The summed E-state index contributed by atoms with van der Waals surface area (Å²) in [5.74, 6) is -1.47. The average molecular weight is 291 g/mol. The van der Waals surface area contributed by atoms with E-state index in [1.54, 1.807) is 0 Å². The Kier molecular flexibility index (Phi) is 5.27. The third-order valence-electron chi connectivity index (χ3n) is 3.90. The second kappa shape index (κ2) is 7.17. The lowest BCUT2D eigenvalue weighted by molar-refractivity contribution is 0.0690. The second-order valence-corrected chi connectivity index (χ2v) is 5.39. The molecular weight excluding hydrogens is 270 g/mol. The van der Waals surface area contributed by atoms with Crippen LogP contribution in [-0.2, 0) is 0 Å². The molecule has 0 bridgehead atoms. The Hall–Kier alpha value is -1.95. The summed E-state index contributed by atoms with van der Waals surface area (Å²) in [6, 6.07) is 5.03. The first kappa shape index (κ1) is 15.4. The second-order valence-electron chi connectivity index (χ2n) is 5.39. The minimum atomic E-state index is -1.13. The molecule has 1 saturated carbocycles. The van der Waals surface area contributed by atoms with Crippen LogP contribution in [0.15, 0.2) is 18.2 Å². The molecule has 2 N–H and O–H groups in total. The van der Waals surface area contributed by atoms with Gasteiger partial charge in [0.25, 0.3) is 5.91 Å². The highest BCUT2D eigenvalue weighted by atomic mass is 16.4. The number of carboxylic acids is 1. The van der Waals surface area contributed by atoms with E-state index in [-0.39, 0.29) is 17.3 Å². The number of nitrogens with zero attached hydrogens (tertiary/aromatic N) is 2. The zero-order valence-corrected chi connectivity index (χ0v) is 12.2. The minimum Gasteiger partial charge on any atom is -0.477 e. The summed E-state index contributed by atoms with van der Waals surface area (Å²) in [7, 11) is 2.07. The first-order chi connectivity index (χ1) is 10.1. The summed E-state index contributed by atoms with van der Waals surface area (Å²) in [5.41, 5.74) is 0.0177. The fourth-order valence-electron chi connectivity index (χ4n) is 2.64. The molecule has 2 rings (SSSR count). The number of amides is 1. The molecule has 1 heterocycles. The third-order valence-corrected chi connectivity index (χ3v) is 3.90. The fourth-order valence-corrected chi connectivity index (χ4v) is 2.64. The van der Waals surface area contributed by atoms with Crippen molar-refractivity contribution in [2.45, 2.75) is 31.7 Å². The van der Waals surface area contributed by atoms with E-state index in [9.17, 15) is 9.59 Å². The van der Waals surface area contributed by atoms with Crippen molar-refractivity contribution in [1.82, 2.24) is 15.2 Å². The molecule has 0 spiro atoms. The van der Waals surface area contributed by atoms with Crippen molar-refractivity contribution in [2.75, 3.05) is 20.1 Å². The topological polar surface area (TPSA) is 82.5 Å². The Labute approximate surface area is 124 Å². The average Bonchev–Trinajstić information content (AvgIpc) is 3.01. The molecule has 21 heavy (non-hydrogen) atoms. The van der Waals surface area contributed by atoms with Gasteiger partial charge in [-0.1, -0.05) is 18.9 Å². The first-order valence-electron chi connectivity index (χ1n) is 7.26. The Balaban J connectivity index is 1.81. The maximum absolute atomic E-state index is 11.9. The number of carbonyl (C=O) groups excluding carboxylic acids is 1. The third kappa shape index (κ3) is 4.26. The van der Waals surface area contributed by atoms with Crippen LogP contribution in [0.3, 0.4) is 0 Å². The zero-order chi connectivity index (χ0) is 15.2. The smallest absolute Gasteiger partial charge is 0.354 e. The van der Waals surface area contributed by atoms with E-state index in [0.29, 0.717) is 12.6 Å². The van der Waals surface area contributed by atoms with Crippen LogP contribution in [-0.4, -0.2) is 53.0 Å². The lowest BCUT2D eigenvalue weighted by Gasteiger charge is -2.23. The quantitative estimate of drug-likeness (QED) is 0.827. The van der Waals surface area contributed by atoms with Gasteiger partial charge in [0.15, 0.2) is 0 Å². The summed E-state index contributed by atoms with van der Waals surface area (Å²) >= 11 is 0. The van der Waals surface area contributed by atoms with Crippen LogP contribution < -0.4 is 5.32 Å². The van der Waals surface area contributed by atoms with E-state index in [2.05, 4.69) is 22.2 Å². The molecular formula is C15H21N3O3. The molecule has 1 fully saturated rings. The van der Waals surface area contributed by atoms with Crippen molar-refractivity contribution in [3.05, 3.63) is 29.6 Å². The van der Waals surface area contributed by atoms with Crippen LogP contribution >= 0.6 is 0 Å². The van der Waals surface area contributed by atoms with Crippen molar-refractivity contribution in [3.63, 3.8) is 0 Å². The molecule has 0 radical (unpaired) electrons. The van der Waals surface area contributed by atoms with Gasteiger partial charge in [0.05, 0.1) is 0 Å². The molecule has 1 aromatic rings. The number of nitrogens with one attached hydrogen (secondary N) is 1. The molecule has 0 aromatic carbocycles. The van der Waals surface area contributed by atoms with Crippen LogP contribution in [0.4, 0.5) is 0 Å². The van der Waals surface area contributed by atoms with Crippen LogP contribution in [0.25, 0.3) is 0 Å². The molecule has 0 aliphatic heterocycles. The molecule has 0 saturated heterocycles. The number of likely N-dealkylation sites (N-methyl/N-ethyl adjacent to an activating group) is 1. The van der Waals surface area contributed by atoms with Crippen molar-refractivity contribution >= 4 is 11.9 Å². The molecule has 1 aliphatic rings. The molecule has 6 heteroatoms. The molecule has 1 aliphatic carbocycles.